The van der Waals surface area contributed by atoms with Crippen molar-refractivity contribution in [2.24, 2.45) is 0 Å². The molecule has 0 atom stereocenters. The standard InChI is InChI=1S/C22H25N5O3/c1-25(2)14-6-13-23-21(28)15-18-16-26(19-7-4-3-5-8-19)24-22(18)17-9-11-20(12-10-17)27(29)30/h3-5,7-12,16H,6,13-15H2,1-2H3,(H,23,28). The number of rotatable bonds is 9. The number of aromatic nitrogens is 2. The summed E-state index contributed by atoms with van der Waals surface area (Å²) in [6.07, 6.45) is 2.89. The van der Waals surface area contributed by atoms with Crippen LogP contribution in [0.25, 0.3) is 16.9 Å². The molecule has 3 rings (SSSR count). The summed E-state index contributed by atoms with van der Waals surface area (Å²) in [6.45, 7) is 1.51. The molecule has 1 heterocycles. The van der Waals surface area contributed by atoms with Gasteiger partial charge in [0.05, 0.1) is 22.7 Å². The quantitative estimate of drug-likeness (QED) is 0.334. The second kappa shape index (κ2) is 9.80. The molecule has 3 aromatic rings. The van der Waals surface area contributed by atoms with E-state index in [-0.39, 0.29) is 18.0 Å². The molecule has 0 fully saturated rings. The Morgan fingerprint density at radius 1 is 1.13 bits per heavy atom. The third-order valence-electron chi connectivity index (χ3n) is 4.62. The SMILES string of the molecule is CN(C)CCCNC(=O)Cc1cn(-c2ccccc2)nc1-c1ccc([N+](=O)[O-])cc1. The number of para-hydroxylation sites is 1. The summed E-state index contributed by atoms with van der Waals surface area (Å²) >= 11 is 0. The van der Waals surface area contributed by atoms with Crippen LogP contribution in [-0.4, -0.2) is 52.7 Å². The number of nitrogens with one attached hydrogen (secondary N) is 1. The molecule has 2 aromatic carbocycles. The number of carbonyl (C=O) groups is 1. The predicted octanol–water partition coefficient (Wildman–Crippen LogP) is 3.06. The first kappa shape index (κ1) is 21.2. The maximum absolute atomic E-state index is 12.5. The second-order valence-corrected chi connectivity index (χ2v) is 7.27. The van der Waals surface area contributed by atoms with E-state index < -0.39 is 4.92 Å². The lowest BCUT2D eigenvalue weighted by Crippen LogP contribution is -2.28. The molecule has 0 aliphatic rings. The Kier molecular flexibility index (Phi) is 6.92. The molecule has 0 aliphatic carbocycles. The van der Waals surface area contributed by atoms with Gasteiger partial charge >= 0.3 is 0 Å². The molecule has 1 aromatic heterocycles. The van der Waals surface area contributed by atoms with Gasteiger partial charge in [0.15, 0.2) is 0 Å². The first-order chi connectivity index (χ1) is 14.4. The van der Waals surface area contributed by atoms with Crippen LogP contribution >= 0.6 is 0 Å². The van der Waals surface area contributed by atoms with Gasteiger partial charge in [-0.25, -0.2) is 4.68 Å². The molecule has 8 nitrogen and oxygen atoms in total. The Labute approximate surface area is 175 Å². The van der Waals surface area contributed by atoms with E-state index >= 15 is 0 Å². The van der Waals surface area contributed by atoms with E-state index in [1.54, 1.807) is 16.8 Å². The van der Waals surface area contributed by atoms with Gasteiger partial charge in [0, 0.05) is 36.0 Å². The monoisotopic (exact) mass is 407 g/mol. The number of nitrogens with zero attached hydrogens (tertiary/aromatic N) is 4. The van der Waals surface area contributed by atoms with Crippen LogP contribution in [0.5, 0.6) is 0 Å². The fraction of sp³-hybridized carbons (Fsp3) is 0.273. The van der Waals surface area contributed by atoms with Crippen LogP contribution in [0.3, 0.4) is 0 Å². The van der Waals surface area contributed by atoms with Crippen molar-refractivity contribution in [3.8, 4) is 16.9 Å². The minimum atomic E-state index is -0.436. The van der Waals surface area contributed by atoms with Crippen LogP contribution in [0, 0.1) is 10.1 Å². The van der Waals surface area contributed by atoms with Crippen molar-refractivity contribution in [2.45, 2.75) is 12.8 Å². The average molecular weight is 407 g/mol. The molecule has 0 aliphatic heterocycles. The van der Waals surface area contributed by atoms with Crippen molar-refractivity contribution >= 4 is 11.6 Å². The number of hydrogen-bond donors (Lipinski definition) is 1. The molecule has 0 spiro atoms. The molecule has 0 bridgehead atoms. The van der Waals surface area contributed by atoms with Gasteiger partial charge in [-0.2, -0.15) is 5.10 Å². The molecular weight excluding hydrogens is 382 g/mol. The maximum Gasteiger partial charge on any atom is 0.269 e. The van der Waals surface area contributed by atoms with Gasteiger partial charge in [-0.05, 0) is 51.3 Å². The van der Waals surface area contributed by atoms with Crippen molar-refractivity contribution in [2.75, 3.05) is 27.2 Å². The predicted molar refractivity (Wildman–Crippen MR) is 116 cm³/mol. The fourth-order valence-corrected chi connectivity index (χ4v) is 3.09. The van der Waals surface area contributed by atoms with E-state index in [1.165, 1.54) is 12.1 Å². The zero-order valence-corrected chi connectivity index (χ0v) is 17.1. The van der Waals surface area contributed by atoms with Gasteiger partial charge in [-0.1, -0.05) is 18.2 Å². The Bertz CT molecular complexity index is 997. The van der Waals surface area contributed by atoms with Crippen LogP contribution in [0.4, 0.5) is 5.69 Å². The first-order valence-electron chi connectivity index (χ1n) is 9.74. The number of nitro groups is 1. The lowest BCUT2D eigenvalue weighted by atomic mass is 10.1. The van der Waals surface area contributed by atoms with Gasteiger partial charge in [0.25, 0.3) is 5.69 Å². The van der Waals surface area contributed by atoms with E-state index in [9.17, 15) is 14.9 Å². The highest BCUT2D eigenvalue weighted by Crippen LogP contribution is 2.26. The number of non-ortho nitro benzene ring substituents is 1. The molecule has 0 unspecified atom stereocenters. The summed E-state index contributed by atoms with van der Waals surface area (Å²) in [5.74, 6) is -0.0791. The van der Waals surface area contributed by atoms with Crippen molar-refractivity contribution in [1.29, 1.82) is 0 Å². The highest BCUT2D eigenvalue weighted by molar-refractivity contribution is 5.81. The number of amides is 1. The molecule has 156 valence electrons. The Morgan fingerprint density at radius 2 is 1.83 bits per heavy atom. The number of benzene rings is 2. The van der Waals surface area contributed by atoms with Crippen LogP contribution in [0.1, 0.15) is 12.0 Å². The molecule has 8 heteroatoms. The van der Waals surface area contributed by atoms with Gasteiger partial charge in [0.1, 0.15) is 0 Å². The Morgan fingerprint density at radius 3 is 2.47 bits per heavy atom. The normalized spacial score (nSPS) is 10.9. The van der Waals surface area contributed by atoms with Crippen LogP contribution in [0.15, 0.2) is 60.8 Å². The topological polar surface area (TPSA) is 93.3 Å². The summed E-state index contributed by atoms with van der Waals surface area (Å²) in [7, 11) is 3.99. The van der Waals surface area contributed by atoms with Crippen molar-refractivity contribution < 1.29 is 9.72 Å². The minimum Gasteiger partial charge on any atom is -0.356 e. The minimum absolute atomic E-state index is 0.0152. The number of nitro benzene ring substituents is 1. The van der Waals surface area contributed by atoms with Crippen molar-refractivity contribution in [1.82, 2.24) is 20.0 Å². The lowest BCUT2D eigenvalue weighted by molar-refractivity contribution is -0.384. The number of carbonyl (C=O) groups excluding carboxylic acids is 1. The molecule has 0 saturated heterocycles. The van der Waals surface area contributed by atoms with E-state index in [4.69, 9.17) is 0 Å². The summed E-state index contributed by atoms with van der Waals surface area (Å²) in [6, 6.07) is 15.8. The van der Waals surface area contributed by atoms with E-state index in [2.05, 4.69) is 15.3 Å². The largest absolute Gasteiger partial charge is 0.356 e. The summed E-state index contributed by atoms with van der Waals surface area (Å²) in [4.78, 5) is 25.1. The van der Waals surface area contributed by atoms with Crippen molar-refractivity contribution in [3.63, 3.8) is 0 Å². The van der Waals surface area contributed by atoms with E-state index in [0.717, 1.165) is 29.8 Å². The van der Waals surface area contributed by atoms with Crippen LogP contribution < -0.4 is 5.32 Å². The van der Waals surface area contributed by atoms with Crippen molar-refractivity contribution in [3.05, 3.63) is 76.5 Å². The molecule has 0 radical (unpaired) electrons. The maximum atomic E-state index is 12.5. The van der Waals surface area contributed by atoms with E-state index in [0.29, 0.717) is 12.2 Å². The Hall–Kier alpha value is -3.52. The molecule has 30 heavy (non-hydrogen) atoms. The van der Waals surface area contributed by atoms with Gasteiger partial charge < -0.3 is 10.2 Å². The summed E-state index contributed by atoms with van der Waals surface area (Å²) < 4.78 is 1.73. The van der Waals surface area contributed by atoms with Gasteiger partial charge in [0.2, 0.25) is 5.91 Å². The van der Waals surface area contributed by atoms with E-state index in [1.807, 2.05) is 50.6 Å². The third-order valence-corrected chi connectivity index (χ3v) is 4.62. The zero-order chi connectivity index (χ0) is 21.5. The fourth-order valence-electron chi connectivity index (χ4n) is 3.09. The van der Waals surface area contributed by atoms with Crippen LogP contribution in [0.2, 0.25) is 0 Å². The van der Waals surface area contributed by atoms with Crippen LogP contribution in [-0.2, 0) is 11.2 Å². The number of hydrogen-bond acceptors (Lipinski definition) is 5. The first-order valence-corrected chi connectivity index (χ1v) is 9.74. The second-order valence-electron chi connectivity index (χ2n) is 7.27. The third kappa shape index (κ3) is 5.51. The summed E-state index contributed by atoms with van der Waals surface area (Å²) in [5.41, 5.74) is 3.01. The summed E-state index contributed by atoms with van der Waals surface area (Å²) in [5, 5.41) is 18.6. The molecule has 0 saturated carbocycles. The molecule has 1 amide bonds. The van der Waals surface area contributed by atoms with Gasteiger partial charge in [-0.3, -0.25) is 14.9 Å². The van der Waals surface area contributed by atoms with Gasteiger partial charge in [-0.15, -0.1) is 0 Å². The zero-order valence-electron chi connectivity index (χ0n) is 17.1. The lowest BCUT2D eigenvalue weighted by Gasteiger charge is -2.10. The highest BCUT2D eigenvalue weighted by atomic mass is 16.6. The Balaban J connectivity index is 1.84. The smallest absolute Gasteiger partial charge is 0.269 e. The molecular formula is C22H25N5O3. The molecule has 1 N–H and O–H groups in total. The highest BCUT2D eigenvalue weighted by Gasteiger charge is 2.16. The average Bonchev–Trinajstić information content (AvgIpc) is 3.15.